The first kappa shape index (κ1) is 13.2. The lowest BCUT2D eigenvalue weighted by Crippen LogP contribution is -2.44. The molecule has 0 bridgehead atoms. The molecule has 0 saturated carbocycles. The van der Waals surface area contributed by atoms with Gasteiger partial charge in [-0.2, -0.15) is 0 Å². The molecule has 2 atom stereocenters. The van der Waals surface area contributed by atoms with Gasteiger partial charge in [-0.15, -0.1) is 0 Å². The number of hydrogen-bond donors (Lipinski definition) is 1. The van der Waals surface area contributed by atoms with Gasteiger partial charge in [0.15, 0.2) is 0 Å². The Morgan fingerprint density at radius 2 is 2.22 bits per heavy atom. The maximum absolute atomic E-state index is 10.2. The lowest BCUT2D eigenvalue weighted by atomic mass is 9.87. The molecule has 18 heavy (non-hydrogen) atoms. The summed E-state index contributed by atoms with van der Waals surface area (Å²) in [4.78, 5) is 0. The Bertz CT molecular complexity index is 418. The molecule has 100 valence electrons. The van der Waals surface area contributed by atoms with E-state index in [1.165, 1.54) is 0 Å². The van der Waals surface area contributed by atoms with Crippen molar-refractivity contribution in [2.24, 2.45) is 0 Å². The number of aliphatic hydroxyl groups is 1. The molecule has 1 N–H and O–H groups in total. The standard InChI is InChI=1S/C14H20O4/c1-4-14(9-16-2)8-12(15)11-6-5-10(17-3)7-13(11)18-14/h5-7,12,15H,4,8-9H2,1-3H3/t12-,14?/m0/s1. The van der Waals surface area contributed by atoms with Crippen molar-refractivity contribution in [2.45, 2.75) is 31.5 Å². The number of fused-ring (bicyclic) bond motifs is 1. The van der Waals surface area contributed by atoms with E-state index >= 15 is 0 Å². The third-order valence-corrected chi connectivity index (χ3v) is 3.52. The highest BCUT2D eigenvalue weighted by atomic mass is 16.5. The number of rotatable bonds is 4. The first-order valence-electron chi connectivity index (χ1n) is 6.18. The molecule has 0 amide bonds. The number of benzene rings is 1. The van der Waals surface area contributed by atoms with Crippen LogP contribution < -0.4 is 9.47 Å². The normalized spacial score (nSPS) is 26.3. The van der Waals surface area contributed by atoms with E-state index in [4.69, 9.17) is 14.2 Å². The van der Waals surface area contributed by atoms with Gasteiger partial charge in [-0.3, -0.25) is 0 Å². The Hall–Kier alpha value is -1.26. The van der Waals surface area contributed by atoms with Crippen molar-refractivity contribution < 1.29 is 19.3 Å². The van der Waals surface area contributed by atoms with E-state index in [2.05, 4.69) is 0 Å². The van der Waals surface area contributed by atoms with E-state index in [1.54, 1.807) is 14.2 Å². The van der Waals surface area contributed by atoms with Gasteiger partial charge in [-0.05, 0) is 18.6 Å². The SMILES string of the molecule is CCC1(COC)C[C@H](O)c2ccc(OC)cc2O1. The molecule has 0 radical (unpaired) electrons. The Kier molecular flexibility index (Phi) is 3.78. The second kappa shape index (κ2) is 5.16. The fraction of sp³-hybridized carbons (Fsp3) is 0.571. The Labute approximate surface area is 107 Å². The summed E-state index contributed by atoms with van der Waals surface area (Å²) < 4.78 is 16.5. The summed E-state index contributed by atoms with van der Waals surface area (Å²) in [7, 11) is 3.26. The first-order chi connectivity index (χ1) is 8.64. The van der Waals surface area contributed by atoms with Crippen LogP contribution in [0.5, 0.6) is 11.5 Å². The van der Waals surface area contributed by atoms with Gasteiger partial charge in [0.05, 0.1) is 19.8 Å². The summed E-state index contributed by atoms with van der Waals surface area (Å²) in [6, 6.07) is 5.50. The molecule has 0 aromatic heterocycles. The van der Waals surface area contributed by atoms with E-state index in [1.807, 2.05) is 25.1 Å². The minimum absolute atomic E-state index is 0.451. The largest absolute Gasteiger partial charge is 0.497 e. The molecule has 1 aromatic rings. The highest BCUT2D eigenvalue weighted by Gasteiger charge is 2.39. The third kappa shape index (κ3) is 2.31. The Balaban J connectivity index is 2.35. The van der Waals surface area contributed by atoms with Crippen LogP contribution in [0.1, 0.15) is 31.4 Å². The molecular weight excluding hydrogens is 232 g/mol. The molecule has 0 saturated heterocycles. The second-order valence-corrected chi connectivity index (χ2v) is 4.70. The molecule has 1 heterocycles. The van der Waals surface area contributed by atoms with Crippen molar-refractivity contribution in [2.75, 3.05) is 20.8 Å². The molecule has 1 unspecified atom stereocenters. The van der Waals surface area contributed by atoms with Crippen molar-refractivity contribution in [3.63, 3.8) is 0 Å². The summed E-state index contributed by atoms with van der Waals surface area (Å²) in [6.45, 7) is 2.51. The number of aliphatic hydroxyl groups excluding tert-OH is 1. The predicted octanol–water partition coefficient (Wildman–Crippen LogP) is 2.31. The van der Waals surface area contributed by atoms with Gasteiger partial charge in [0.25, 0.3) is 0 Å². The molecule has 0 fully saturated rings. The average molecular weight is 252 g/mol. The average Bonchev–Trinajstić information content (AvgIpc) is 2.38. The smallest absolute Gasteiger partial charge is 0.135 e. The lowest BCUT2D eigenvalue weighted by Gasteiger charge is -2.39. The molecule has 4 heteroatoms. The highest BCUT2D eigenvalue weighted by Crippen LogP contribution is 2.42. The summed E-state index contributed by atoms with van der Waals surface area (Å²) in [5, 5.41) is 10.2. The van der Waals surface area contributed by atoms with E-state index < -0.39 is 11.7 Å². The van der Waals surface area contributed by atoms with Crippen LogP contribution in [0.2, 0.25) is 0 Å². The lowest BCUT2D eigenvalue weighted by molar-refractivity contribution is -0.0627. The van der Waals surface area contributed by atoms with Crippen LogP contribution in [0.15, 0.2) is 18.2 Å². The van der Waals surface area contributed by atoms with Gasteiger partial charge in [-0.1, -0.05) is 6.92 Å². The Morgan fingerprint density at radius 3 is 2.83 bits per heavy atom. The van der Waals surface area contributed by atoms with Crippen LogP contribution in [0.4, 0.5) is 0 Å². The fourth-order valence-corrected chi connectivity index (χ4v) is 2.41. The number of methoxy groups -OCH3 is 2. The zero-order chi connectivity index (χ0) is 13.2. The predicted molar refractivity (Wildman–Crippen MR) is 68.1 cm³/mol. The molecule has 0 spiro atoms. The molecule has 4 nitrogen and oxygen atoms in total. The minimum Gasteiger partial charge on any atom is -0.497 e. The second-order valence-electron chi connectivity index (χ2n) is 4.70. The molecule has 2 rings (SSSR count). The van der Waals surface area contributed by atoms with Gasteiger partial charge in [0.2, 0.25) is 0 Å². The minimum atomic E-state index is -0.519. The van der Waals surface area contributed by atoms with Crippen LogP contribution in [0.25, 0.3) is 0 Å². The van der Waals surface area contributed by atoms with E-state index in [9.17, 15) is 5.11 Å². The zero-order valence-corrected chi connectivity index (χ0v) is 11.1. The van der Waals surface area contributed by atoms with Crippen molar-refractivity contribution in [1.82, 2.24) is 0 Å². The zero-order valence-electron chi connectivity index (χ0n) is 11.1. The van der Waals surface area contributed by atoms with Gasteiger partial charge in [0, 0.05) is 25.2 Å². The maximum atomic E-state index is 10.2. The van der Waals surface area contributed by atoms with E-state index in [0.717, 1.165) is 17.7 Å². The number of ether oxygens (including phenoxy) is 3. The van der Waals surface area contributed by atoms with Gasteiger partial charge < -0.3 is 19.3 Å². The maximum Gasteiger partial charge on any atom is 0.135 e. The quantitative estimate of drug-likeness (QED) is 0.893. The fourth-order valence-electron chi connectivity index (χ4n) is 2.41. The topological polar surface area (TPSA) is 47.9 Å². The van der Waals surface area contributed by atoms with Crippen LogP contribution >= 0.6 is 0 Å². The van der Waals surface area contributed by atoms with Crippen LogP contribution in [0.3, 0.4) is 0 Å². The van der Waals surface area contributed by atoms with Crippen LogP contribution in [0, 0.1) is 0 Å². The van der Waals surface area contributed by atoms with Crippen molar-refractivity contribution >= 4 is 0 Å². The van der Waals surface area contributed by atoms with Crippen molar-refractivity contribution in [3.8, 4) is 11.5 Å². The molecule has 1 aliphatic heterocycles. The van der Waals surface area contributed by atoms with E-state index in [-0.39, 0.29) is 0 Å². The monoisotopic (exact) mass is 252 g/mol. The van der Waals surface area contributed by atoms with Crippen molar-refractivity contribution in [3.05, 3.63) is 23.8 Å². The van der Waals surface area contributed by atoms with Gasteiger partial charge in [0.1, 0.15) is 17.1 Å². The summed E-state index contributed by atoms with van der Waals surface area (Å²) >= 11 is 0. The van der Waals surface area contributed by atoms with Crippen LogP contribution in [-0.2, 0) is 4.74 Å². The summed E-state index contributed by atoms with van der Waals surface area (Å²) in [5.74, 6) is 1.41. The van der Waals surface area contributed by atoms with Crippen LogP contribution in [-0.4, -0.2) is 31.5 Å². The van der Waals surface area contributed by atoms with Gasteiger partial charge >= 0.3 is 0 Å². The Morgan fingerprint density at radius 1 is 1.44 bits per heavy atom. The first-order valence-corrected chi connectivity index (χ1v) is 6.18. The van der Waals surface area contributed by atoms with E-state index in [0.29, 0.717) is 18.8 Å². The highest BCUT2D eigenvalue weighted by molar-refractivity contribution is 5.44. The summed E-state index contributed by atoms with van der Waals surface area (Å²) in [6.07, 6.45) is 0.820. The third-order valence-electron chi connectivity index (χ3n) is 3.52. The van der Waals surface area contributed by atoms with Crippen molar-refractivity contribution in [1.29, 1.82) is 0 Å². The summed E-state index contributed by atoms with van der Waals surface area (Å²) in [5.41, 5.74) is 0.365. The molecule has 1 aromatic carbocycles. The number of hydrogen-bond acceptors (Lipinski definition) is 4. The molecule has 1 aliphatic rings. The molecule has 0 aliphatic carbocycles. The van der Waals surface area contributed by atoms with Gasteiger partial charge in [-0.25, -0.2) is 0 Å². The molecular formula is C14H20O4.